The van der Waals surface area contributed by atoms with Crippen molar-refractivity contribution in [2.45, 2.75) is 51.7 Å². The van der Waals surface area contributed by atoms with Crippen molar-refractivity contribution < 1.29 is 9.26 Å². The summed E-state index contributed by atoms with van der Waals surface area (Å²) in [5.74, 6) is 2.74. The molecule has 0 atom stereocenters. The molecular formula is C21H24N4O2. The normalized spacial score (nSPS) is 14.9. The monoisotopic (exact) mass is 364 g/mol. The van der Waals surface area contributed by atoms with Crippen molar-refractivity contribution >= 4 is 5.82 Å². The minimum atomic E-state index is 0.352. The van der Waals surface area contributed by atoms with Crippen LogP contribution in [0.1, 0.15) is 43.5 Å². The van der Waals surface area contributed by atoms with E-state index in [2.05, 4.69) is 32.6 Å². The molecular weight excluding hydrogens is 340 g/mol. The molecule has 27 heavy (non-hydrogen) atoms. The van der Waals surface area contributed by atoms with Gasteiger partial charge in [-0.3, -0.25) is 0 Å². The highest BCUT2D eigenvalue weighted by Crippen LogP contribution is 2.26. The minimum absolute atomic E-state index is 0.352. The molecule has 1 aliphatic rings. The molecule has 1 aromatic carbocycles. The second-order valence-electron chi connectivity index (χ2n) is 6.93. The quantitative estimate of drug-likeness (QED) is 0.679. The van der Waals surface area contributed by atoms with Crippen LogP contribution >= 0.6 is 0 Å². The molecule has 0 radical (unpaired) electrons. The smallest absolute Gasteiger partial charge is 0.261 e. The molecule has 0 amide bonds. The number of pyridine rings is 1. The first-order chi connectivity index (χ1) is 13.3. The lowest BCUT2D eigenvalue weighted by molar-refractivity contribution is 0.155. The second kappa shape index (κ2) is 8.20. The second-order valence-corrected chi connectivity index (χ2v) is 6.93. The number of aryl methyl sites for hydroxylation is 1. The number of hydrogen-bond acceptors (Lipinski definition) is 6. The third-order valence-corrected chi connectivity index (χ3v) is 4.78. The highest BCUT2D eigenvalue weighted by molar-refractivity contribution is 5.68. The zero-order valence-electron chi connectivity index (χ0n) is 15.5. The molecule has 2 heterocycles. The maximum atomic E-state index is 6.17. The van der Waals surface area contributed by atoms with Gasteiger partial charge in [0.25, 0.3) is 5.89 Å². The fourth-order valence-corrected chi connectivity index (χ4v) is 3.42. The van der Waals surface area contributed by atoms with Gasteiger partial charge < -0.3 is 14.6 Å². The highest BCUT2D eigenvalue weighted by Gasteiger charge is 2.15. The Morgan fingerprint density at radius 1 is 1.15 bits per heavy atom. The maximum absolute atomic E-state index is 6.17. The van der Waals surface area contributed by atoms with E-state index in [1.165, 1.54) is 19.3 Å². The van der Waals surface area contributed by atoms with Gasteiger partial charge in [0.2, 0.25) is 0 Å². The van der Waals surface area contributed by atoms with E-state index in [9.17, 15) is 0 Å². The fraction of sp³-hybridized carbons (Fsp3) is 0.381. The zero-order chi connectivity index (χ0) is 18.5. The van der Waals surface area contributed by atoms with Crippen LogP contribution in [0.2, 0.25) is 0 Å². The van der Waals surface area contributed by atoms with Crippen molar-refractivity contribution in [1.29, 1.82) is 0 Å². The van der Waals surface area contributed by atoms with E-state index in [1.54, 1.807) is 13.1 Å². The van der Waals surface area contributed by atoms with Gasteiger partial charge in [0.05, 0.1) is 11.7 Å². The SMILES string of the molecule is Cc1noc(-c2cccnc2NCc2cccc(OC3CCCCC3)c2)n1. The van der Waals surface area contributed by atoms with Crippen LogP contribution in [0.3, 0.4) is 0 Å². The fourth-order valence-electron chi connectivity index (χ4n) is 3.42. The van der Waals surface area contributed by atoms with Gasteiger partial charge in [-0.05, 0) is 62.4 Å². The molecule has 1 N–H and O–H groups in total. The Morgan fingerprint density at radius 2 is 2.04 bits per heavy atom. The summed E-state index contributed by atoms with van der Waals surface area (Å²) in [4.78, 5) is 8.72. The molecule has 1 fully saturated rings. The zero-order valence-corrected chi connectivity index (χ0v) is 15.5. The van der Waals surface area contributed by atoms with Crippen LogP contribution in [0.5, 0.6) is 5.75 Å². The van der Waals surface area contributed by atoms with Crippen LogP contribution in [0, 0.1) is 6.92 Å². The van der Waals surface area contributed by atoms with E-state index in [-0.39, 0.29) is 0 Å². The van der Waals surface area contributed by atoms with E-state index in [0.29, 0.717) is 24.4 Å². The third kappa shape index (κ3) is 4.45. The van der Waals surface area contributed by atoms with Crippen molar-refractivity contribution in [1.82, 2.24) is 15.1 Å². The predicted octanol–water partition coefficient (Wildman–Crippen LogP) is 4.76. The van der Waals surface area contributed by atoms with Gasteiger partial charge in [-0.2, -0.15) is 4.98 Å². The summed E-state index contributed by atoms with van der Waals surface area (Å²) in [6.45, 7) is 2.44. The molecule has 0 saturated heterocycles. The van der Waals surface area contributed by atoms with Gasteiger partial charge in [-0.15, -0.1) is 0 Å². The number of nitrogens with zero attached hydrogens (tertiary/aromatic N) is 3. The number of aromatic nitrogens is 3. The molecule has 0 unspecified atom stereocenters. The van der Waals surface area contributed by atoms with Crippen molar-refractivity contribution in [3.05, 3.63) is 54.0 Å². The minimum Gasteiger partial charge on any atom is -0.490 e. The summed E-state index contributed by atoms with van der Waals surface area (Å²) in [5.41, 5.74) is 1.94. The van der Waals surface area contributed by atoms with Gasteiger partial charge in [0.1, 0.15) is 11.6 Å². The lowest BCUT2D eigenvalue weighted by Crippen LogP contribution is -2.19. The molecule has 1 saturated carbocycles. The van der Waals surface area contributed by atoms with Crippen LogP contribution in [0.4, 0.5) is 5.82 Å². The van der Waals surface area contributed by atoms with Gasteiger partial charge in [-0.25, -0.2) is 4.98 Å². The van der Waals surface area contributed by atoms with Crippen LogP contribution < -0.4 is 10.1 Å². The Kier molecular flexibility index (Phi) is 5.32. The third-order valence-electron chi connectivity index (χ3n) is 4.78. The summed E-state index contributed by atoms with van der Waals surface area (Å²) in [5, 5.41) is 7.23. The summed E-state index contributed by atoms with van der Waals surface area (Å²) < 4.78 is 11.5. The van der Waals surface area contributed by atoms with Gasteiger partial charge in [-0.1, -0.05) is 23.7 Å². The Morgan fingerprint density at radius 3 is 2.85 bits per heavy atom. The molecule has 6 nitrogen and oxygen atoms in total. The van der Waals surface area contributed by atoms with Crippen LogP contribution in [-0.2, 0) is 6.54 Å². The Labute approximate surface area is 159 Å². The Balaban J connectivity index is 1.44. The first kappa shape index (κ1) is 17.5. The van der Waals surface area contributed by atoms with Crippen molar-refractivity contribution in [3.8, 4) is 17.2 Å². The topological polar surface area (TPSA) is 73.1 Å². The number of nitrogens with one attached hydrogen (secondary N) is 1. The molecule has 2 aromatic heterocycles. The van der Waals surface area contributed by atoms with Crippen molar-refractivity contribution in [2.24, 2.45) is 0 Å². The Hall–Kier alpha value is -2.89. The average molecular weight is 364 g/mol. The van der Waals surface area contributed by atoms with E-state index in [1.807, 2.05) is 24.3 Å². The summed E-state index contributed by atoms with van der Waals surface area (Å²) in [7, 11) is 0. The number of hydrogen-bond donors (Lipinski definition) is 1. The molecule has 6 heteroatoms. The highest BCUT2D eigenvalue weighted by atomic mass is 16.5. The molecule has 1 aliphatic carbocycles. The van der Waals surface area contributed by atoms with Gasteiger partial charge >= 0.3 is 0 Å². The Bertz CT molecular complexity index is 887. The predicted molar refractivity (Wildman–Crippen MR) is 104 cm³/mol. The molecule has 0 spiro atoms. The maximum Gasteiger partial charge on any atom is 0.261 e. The summed E-state index contributed by atoms with van der Waals surface area (Å²) >= 11 is 0. The number of ether oxygens (including phenoxy) is 1. The van der Waals surface area contributed by atoms with E-state index in [4.69, 9.17) is 9.26 Å². The average Bonchev–Trinajstić information content (AvgIpc) is 3.14. The summed E-state index contributed by atoms with van der Waals surface area (Å²) in [6, 6.07) is 12.0. The van der Waals surface area contributed by atoms with E-state index < -0.39 is 0 Å². The van der Waals surface area contributed by atoms with Crippen LogP contribution in [0.15, 0.2) is 47.1 Å². The first-order valence-corrected chi connectivity index (χ1v) is 9.53. The van der Waals surface area contributed by atoms with E-state index in [0.717, 1.165) is 35.5 Å². The lowest BCUT2D eigenvalue weighted by Gasteiger charge is -2.23. The molecule has 3 aromatic rings. The number of rotatable bonds is 6. The molecule has 4 rings (SSSR count). The largest absolute Gasteiger partial charge is 0.490 e. The van der Waals surface area contributed by atoms with Crippen LogP contribution in [0.25, 0.3) is 11.5 Å². The van der Waals surface area contributed by atoms with Crippen LogP contribution in [-0.4, -0.2) is 21.2 Å². The standard InChI is InChI=1S/C21H24N4O2/c1-15-24-21(27-25-15)19-11-6-12-22-20(19)23-14-16-7-5-10-18(13-16)26-17-8-3-2-4-9-17/h5-7,10-13,17H,2-4,8-9,14H2,1H3,(H,22,23). The lowest BCUT2D eigenvalue weighted by atomic mass is 9.98. The molecule has 140 valence electrons. The first-order valence-electron chi connectivity index (χ1n) is 9.53. The number of anilines is 1. The van der Waals surface area contributed by atoms with Gasteiger partial charge in [0.15, 0.2) is 5.82 Å². The van der Waals surface area contributed by atoms with E-state index >= 15 is 0 Å². The van der Waals surface area contributed by atoms with Crippen molar-refractivity contribution in [3.63, 3.8) is 0 Å². The van der Waals surface area contributed by atoms with Crippen molar-refractivity contribution in [2.75, 3.05) is 5.32 Å². The van der Waals surface area contributed by atoms with Gasteiger partial charge in [0, 0.05) is 12.7 Å². The molecule has 0 bridgehead atoms. The number of benzene rings is 1. The summed E-state index contributed by atoms with van der Waals surface area (Å²) in [6.07, 6.45) is 8.28. The molecule has 0 aliphatic heterocycles.